The number of nitrogens with zero attached hydrogens (tertiary/aromatic N) is 2. The Bertz CT molecular complexity index is 576. The molecule has 0 aromatic heterocycles. The van der Waals surface area contributed by atoms with E-state index in [0.29, 0.717) is 22.3 Å². The van der Waals surface area contributed by atoms with Crippen molar-refractivity contribution in [1.82, 2.24) is 0 Å². The summed E-state index contributed by atoms with van der Waals surface area (Å²) in [7, 11) is 0. The molecule has 0 unspecified atom stereocenters. The summed E-state index contributed by atoms with van der Waals surface area (Å²) in [5.74, 6) is 0.337. The third kappa shape index (κ3) is 11.4. The molecule has 5 nitrogen and oxygen atoms in total. The van der Waals surface area contributed by atoms with E-state index in [1.165, 1.54) is 44.9 Å². The van der Waals surface area contributed by atoms with Gasteiger partial charge in [0.05, 0.1) is 10.0 Å². The first kappa shape index (κ1) is 24.8. The molecule has 5 N–H and O–H groups in total. The summed E-state index contributed by atoms with van der Waals surface area (Å²) >= 11 is 11.8. The van der Waals surface area contributed by atoms with Crippen molar-refractivity contribution in [3.8, 4) is 0 Å². The van der Waals surface area contributed by atoms with Gasteiger partial charge in [0.1, 0.15) is 0 Å². The van der Waals surface area contributed by atoms with Crippen LogP contribution in [0.1, 0.15) is 58.3 Å². The lowest BCUT2D eigenvalue weighted by Gasteiger charge is -2.06. The quantitative estimate of drug-likeness (QED) is 0.260. The molecule has 0 bridgehead atoms. The van der Waals surface area contributed by atoms with Crippen LogP contribution >= 0.6 is 35.6 Å². The smallest absolute Gasteiger partial charge is 0.218 e. The highest BCUT2D eigenvalue weighted by atomic mass is 35.5. The van der Waals surface area contributed by atoms with E-state index in [0.717, 1.165) is 6.42 Å². The Morgan fingerprint density at radius 3 is 2.19 bits per heavy atom. The molecule has 0 aliphatic rings. The Labute approximate surface area is 173 Å². The molecule has 8 heteroatoms. The van der Waals surface area contributed by atoms with E-state index in [9.17, 15) is 0 Å². The van der Waals surface area contributed by atoms with E-state index in [2.05, 4.69) is 22.2 Å². The molecule has 0 fully saturated rings. The van der Waals surface area contributed by atoms with Gasteiger partial charge in [-0.1, -0.05) is 75.1 Å². The van der Waals surface area contributed by atoms with Crippen LogP contribution in [-0.4, -0.2) is 18.5 Å². The van der Waals surface area contributed by atoms with E-state index in [-0.39, 0.29) is 24.3 Å². The van der Waals surface area contributed by atoms with E-state index < -0.39 is 0 Å². The first-order chi connectivity index (χ1) is 12.0. The van der Waals surface area contributed by atoms with Crippen LogP contribution in [0.3, 0.4) is 0 Å². The average molecular weight is 423 g/mol. The third-order valence-corrected chi connectivity index (χ3v) is 4.45. The molecule has 1 aromatic rings. The molecule has 0 radical (unpaired) electrons. The highest BCUT2D eigenvalue weighted by Gasteiger charge is 2.01. The number of unbranched alkanes of at least 4 members (excludes halogenated alkanes) is 7. The van der Waals surface area contributed by atoms with Crippen molar-refractivity contribution < 1.29 is 0 Å². The predicted octanol–water partition coefficient (Wildman–Crippen LogP) is 5.60. The maximum Gasteiger partial charge on any atom is 0.218 e. The van der Waals surface area contributed by atoms with E-state index in [1.807, 2.05) is 0 Å². The van der Waals surface area contributed by atoms with E-state index in [1.54, 1.807) is 18.2 Å². The van der Waals surface area contributed by atoms with Gasteiger partial charge in [0, 0.05) is 12.2 Å². The molecule has 0 atom stereocenters. The minimum absolute atomic E-state index is 0. The van der Waals surface area contributed by atoms with Gasteiger partial charge in [0.2, 0.25) is 11.9 Å². The highest BCUT2D eigenvalue weighted by molar-refractivity contribution is 6.42. The third-order valence-electron chi connectivity index (χ3n) is 3.71. The molecule has 0 aliphatic carbocycles. The summed E-state index contributed by atoms with van der Waals surface area (Å²) in [6, 6.07) is 5.10. The van der Waals surface area contributed by atoms with Crippen molar-refractivity contribution in [3.63, 3.8) is 0 Å². The predicted molar refractivity (Wildman–Crippen MR) is 118 cm³/mol. The fraction of sp³-hybridized carbons (Fsp3) is 0.556. The Kier molecular flexibility index (Phi) is 14.3. The number of guanidine groups is 2. The summed E-state index contributed by atoms with van der Waals surface area (Å²) in [5, 5.41) is 3.82. The van der Waals surface area contributed by atoms with Crippen molar-refractivity contribution in [2.24, 2.45) is 21.5 Å². The molecule has 0 amide bonds. The first-order valence-electron chi connectivity index (χ1n) is 8.89. The monoisotopic (exact) mass is 421 g/mol. The van der Waals surface area contributed by atoms with Crippen molar-refractivity contribution in [2.45, 2.75) is 58.3 Å². The van der Waals surface area contributed by atoms with Gasteiger partial charge in [-0.3, -0.25) is 4.99 Å². The van der Waals surface area contributed by atoms with Crippen LogP contribution < -0.4 is 16.8 Å². The number of anilines is 1. The minimum atomic E-state index is 0. The number of aliphatic imine (C=N–C) groups is 2. The molecule has 1 aromatic carbocycles. The molecule has 0 heterocycles. The lowest BCUT2D eigenvalue weighted by Crippen LogP contribution is -2.26. The second-order valence-corrected chi connectivity index (χ2v) is 6.78. The molecule has 0 saturated carbocycles. The van der Waals surface area contributed by atoms with Crippen LogP contribution in [0, 0.1) is 0 Å². The molecule has 1 rings (SSSR count). The van der Waals surface area contributed by atoms with E-state index >= 15 is 0 Å². The standard InChI is InChI=1S/C18H29Cl2N5.ClH/c1-2-3-4-5-6-7-8-9-12-23-17(21)25-18(22)24-14-10-11-15(19)16(20)13-14;/h10-11,13H,2-9,12H2,1H3,(H5,21,22,23,24,25);1H. The van der Waals surface area contributed by atoms with Crippen LogP contribution in [-0.2, 0) is 0 Å². The SMILES string of the molecule is CCCCCCCCCCN=C(N)N=C(N)Nc1ccc(Cl)c(Cl)c1.Cl. The van der Waals surface area contributed by atoms with Gasteiger partial charge in [0.15, 0.2) is 0 Å². The van der Waals surface area contributed by atoms with Gasteiger partial charge >= 0.3 is 0 Å². The molecule has 26 heavy (non-hydrogen) atoms. The minimum Gasteiger partial charge on any atom is -0.369 e. The fourth-order valence-electron chi connectivity index (χ4n) is 2.35. The summed E-state index contributed by atoms with van der Waals surface area (Å²) in [6.07, 6.45) is 10.1. The Morgan fingerprint density at radius 1 is 0.962 bits per heavy atom. The van der Waals surface area contributed by atoms with Gasteiger partial charge in [-0.25, -0.2) is 0 Å². The van der Waals surface area contributed by atoms with Crippen LogP contribution in [0.25, 0.3) is 0 Å². The lowest BCUT2D eigenvalue weighted by atomic mass is 10.1. The van der Waals surface area contributed by atoms with Gasteiger partial charge in [0.25, 0.3) is 0 Å². The Hall–Kier alpha value is -1.17. The largest absolute Gasteiger partial charge is 0.369 e. The summed E-state index contributed by atoms with van der Waals surface area (Å²) in [4.78, 5) is 8.25. The molecular weight excluding hydrogens is 393 g/mol. The van der Waals surface area contributed by atoms with Crippen molar-refractivity contribution >= 4 is 53.2 Å². The molecular formula is C18H30Cl3N5. The number of rotatable bonds is 10. The normalized spacial score (nSPS) is 12.0. The number of hydrogen-bond donors (Lipinski definition) is 3. The zero-order chi connectivity index (χ0) is 18.5. The average Bonchev–Trinajstić information content (AvgIpc) is 2.56. The van der Waals surface area contributed by atoms with Gasteiger partial charge < -0.3 is 16.8 Å². The van der Waals surface area contributed by atoms with Crippen LogP contribution in [0.15, 0.2) is 28.2 Å². The summed E-state index contributed by atoms with van der Waals surface area (Å²) < 4.78 is 0. The maximum atomic E-state index is 5.95. The Morgan fingerprint density at radius 2 is 1.58 bits per heavy atom. The van der Waals surface area contributed by atoms with E-state index in [4.69, 9.17) is 34.7 Å². The van der Waals surface area contributed by atoms with Gasteiger partial charge in [-0.2, -0.15) is 4.99 Å². The van der Waals surface area contributed by atoms with Crippen LogP contribution in [0.2, 0.25) is 10.0 Å². The zero-order valence-corrected chi connectivity index (χ0v) is 17.6. The van der Waals surface area contributed by atoms with Crippen molar-refractivity contribution in [2.75, 3.05) is 11.9 Å². The maximum absolute atomic E-state index is 5.95. The Balaban J connectivity index is 0.00000625. The molecule has 0 saturated heterocycles. The number of nitrogens with two attached hydrogens (primary N) is 2. The zero-order valence-electron chi connectivity index (χ0n) is 15.3. The first-order valence-corrected chi connectivity index (χ1v) is 9.64. The fourth-order valence-corrected chi connectivity index (χ4v) is 2.65. The molecule has 0 spiro atoms. The second kappa shape index (κ2) is 14.9. The molecule has 0 aliphatic heterocycles. The van der Waals surface area contributed by atoms with Crippen LogP contribution in [0.5, 0.6) is 0 Å². The van der Waals surface area contributed by atoms with Gasteiger partial charge in [-0.15, -0.1) is 12.4 Å². The second-order valence-electron chi connectivity index (χ2n) is 5.97. The number of halogens is 3. The highest BCUT2D eigenvalue weighted by Crippen LogP contribution is 2.24. The lowest BCUT2D eigenvalue weighted by molar-refractivity contribution is 0.578. The van der Waals surface area contributed by atoms with Crippen molar-refractivity contribution in [3.05, 3.63) is 28.2 Å². The van der Waals surface area contributed by atoms with Gasteiger partial charge in [-0.05, 0) is 24.6 Å². The number of nitrogens with one attached hydrogen (secondary N) is 1. The topological polar surface area (TPSA) is 88.8 Å². The molecule has 148 valence electrons. The summed E-state index contributed by atoms with van der Waals surface area (Å²) in [6.45, 7) is 2.90. The number of hydrogen-bond acceptors (Lipinski definition) is 1. The number of benzene rings is 1. The summed E-state index contributed by atoms with van der Waals surface area (Å²) in [5.41, 5.74) is 12.3. The van der Waals surface area contributed by atoms with Crippen molar-refractivity contribution in [1.29, 1.82) is 0 Å². The van der Waals surface area contributed by atoms with Crippen LogP contribution in [0.4, 0.5) is 5.69 Å².